The lowest BCUT2D eigenvalue weighted by Gasteiger charge is -2.34. The number of pyridine rings is 1. The van der Waals surface area contributed by atoms with E-state index in [-0.39, 0.29) is 35.8 Å². The molecule has 8 nitrogen and oxygen atoms in total. The summed E-state index contributed by atoms with van der Waals surface area (Å²) in [5, 5.41) is 6.51. The number of amides is 1. The van der Waals surface area contributed by atoms with E-state index in [2.05, 4.69) is 31.5 Å². The van der Waals surface area contributed by atoms with Crippen LogP contribution in [0.1, 0.15) is 43.2 Å². The third kappa shape index (κ3) is 4.26. The van der Waals surface area contributed by atoms with Crippen LogP contribution in [0.15, 0.2) is 60.9 Å². The Bertz CT molecular complexity index is 1420. The number of imidazole rings is 1. The molecule has 2 aliphatic rings. The van der Waals surface area contributed by atoms with Gasteiger partial charge in [-0.2, -0.15) is 0 Å². The summed E-state index contributed by atoms with van der Waals surface area (Å²) in [6, 6.07) is 14.9. The summed E-state index contributed by atoms with van der Waals surface area (Å²) in [5.41, 5.74) is 12.1. The second-order valence-corrected chi connectivity index (χ2v) is 9.48. The third-order valence-electron chi connectivity index (χ3n) is 7.19. The number of aromatic amines is 1. The maximum Gasteiger partial charge on any atom is 0.224 e. The summed E-state index contributed by atoms with van der Waals surface area (Å²) in [7, 11) is 0. The summed E-state index contributed by atoms with van der Waals surface area (Å²) in [6.45, 7) is 2.62. The van der Waals surface area contributed by atoms with Crippen molar-refractivity contribution in [3.05, 3.63) is 78.1 Å². The minimum Gasteiger partial charge on any atom is -0.341 e. The molecule has 4 heterocycles. The van der Waals surface area contributed by atoms with Crippen LogP contribution < -0.4 is 21.5 Å². The number of aromatic nitrogens is 3. The van der Waals surface area contributed by atoms with Crippen molar-refractivity contribution >= 4 is 22.6 Å². The third-order valence-corrected chi connectivity index (χ3v) is 7.19. The number of fused-ring (bicyclic) bond motifs is 2. The summed E-state index contributed by atoms with van der Waals surface area (Å²) >= 11 is 0. The molecule has 2 fully saturated rings. The van der Waals surface area contributed by atoms with Crippen molar-refractivity contribution < 1.29 is 9.18 Å². The summed E-state index contributed by atoms with van der Waals surface area (Å²) < 4.78 is 13.9. The fourth-order valence-corrected chi connectivity index (χ4v) is 5.35. The molecule has 4 aromatic rings. The Balaban J connectivity index is 1.27. The highest BCUT2D eigenvalue weighted by molar-refractivity contribution is 5.92. The SMILES string of the molecule is CCC(=O)Nc1cncc(C2CC3C(CN2)NNC3c2nc3c(-c4cccc(F)c4)cccc3[nH]2)c1. The van der Waals surface area contributed by atoms with Crippen LogP contribution in [0.5, 0.6) is 0 Å². The van der Waals surface area contributed by atoms with Crippen molar-refractivity contribution in [3.8, 4) is 11.1 Å². The smallest absolute Gasteiger partial charge is 0.224 e. The Hall–Kier alpha value is -3.66. The molecular formula is C27H28FN7O. The van der Waals surface area contributed by atoms with E-state index in [0.29, 0.717) is 12.1 Å². The fourth-order valence-electron chi connectivity index (χ4n) is 5.35. The Labute approximate surface area is 208 Å². The summed E-state index contributed by atoms with van der Waals surface area (Å²) in [5.74, 6) is 0.843. The molecule has 2 aromatic carbocycles. The normalized spacial score (nSPS) is 23.5. The van der Waals surface area contributed by atoms with E-state index in [9.17, 15) is 9.18 Å². The minimum atomic E-state index is -0.265. The molecule has 36 heavy (non-hydrogen) atoms. The Morgan fingerprint density at radius 1 is 1.14 bits per heavy atom. The quantitative estimate of drug-likeness (QED) is 0.293. The molecule has 4 unspecified atom stereocenters. The minimum absolute atomic E-state index is 0.0108. The number of hydrogen-bond donors (Lipinski definition) is 5. The fraction of sp³-hybridized carbons (Fsp3) is 0.296. The molecule has 2 aliphatic heterocycles. The van der Waals surface area contributed by atoms with E-state index in [1.54, 1.807) is 12.3 Å². The number of H-pyrrole nitrogens is 1. The predicted octanol–water partition coefficient (Wildman–Crippen LogP) is 3.98. The average Bonchev–Trinajstić information content (AvgIpc) is 3.52. The van der Waals surface area contributed by atoms with Gasteiger partial charge in [0.2, 0.25) is 5.91 Å². The number of hydrogen-bond acceptors (Lipinski definition) is 6. The van der Waals surface area contributed by atoms with Crippen LogP contribution >= 0.6 is 0 Å². The second-order valence-electron chi connectivity index (χ2n) is 9.48. The van der Waals surface area contributed by atoms with Crippen LogP contribution in [0.25, 0.3) is 22.2 Å². The molecule has 9 heteroatoms. The first kappa shape index (κ1) is 22.8. The molecule has 1 amide bonds. The first-order chi connectivity index (χ1) is 17.6. The standard InChI is InChI=1S/C27H28FN7O/c1-2-24(36)31-18-10-16(12-29-13-18)22-11-20-23(14-30-22)34-35-26(20)27-32-21-8-4-7-19(25(21)33-27)15-5-3-6-17(28)9-15/h3-10,12-13,20,22-23,26,30,34-35H,2,11,14H2,1H3,(H,31,36)(H,32,33). The molecular weight excluding hydrogens is 457 g/mol. The monoisotopic (exact) mass is 485 g/mol. The van der Waals surface area contributed by atoms with Crippen molar-refractivity contribution in [2.75, 3.05) is 11.9 Å². The van der Waals surface area contributed by atoms with Crippen molar-refractivity contribution in [1.29, 1.82) is 0 Å². The van der Waals surface area contributed by atoms with Gasteiger partial charge in [-0.25, -0.2) is 14.8 Å². The van der Waals surface area contributed by atoms with Gasteiger partial charge in [-0.05, 0) is 41.8 Å². The highest BCUT2D eigenvalue weighted by Crippen LogP contribution is 2.39. The zero-order chi connectivity index (χ0) is 24.6. The number of benzene rings is 2. The van der Waals surface area contributed by atoms with Crippen LogP contribution in [0.2, 0.25) is 0 Å². The number of nitrogens with one attached hydrogen (secondary N) is 5. The summed E-state index contributed by atoms with van der Waals surface area (Å²) in [6.07, 6.45) is 4.83. The first-order valence-electron chi connectivity index (χ1n) is 12.3. The van der Waals surface area contributed by atoms with Crippen molar-refractivity contribution in [3.63, 3.8) is 0 Å². The van der Waals surface area contributed by atoms with Gasteiger partial charge in [0.15, 0.2) is 0 Å². The molecule has 2 aromatic heterocycles. The number of hydrazine groups is 1. The molecule has 184 valence electrons. The molecule has 0 bridgehead atoms. The van der Waals surface area contributed by atoms with Gasteiger partial charge in [0.1, 0.15) is 11.6 Å². The number of rotatable bonds is 5. The second kappa shape index (κ2) is 9.42. The van der Waals surface area contributed by atoms with Crippen LogP contribution in [0.3, 0.4) is 0 Å². The highest BCUT2D eigenvalue weighted by atomic mass is 19.1. The van der Waals surface area contributed by atoms with Crippen molar-refractivity contribution in [2.45, 2.75) is 37.9 Å². The van der Waals surface area contributed by atoms with Gasteiger partial charge in [0, 0.05) is 42.7 Å². The van der Waals surface area contributed by atoms with Gasteiger partial charge >= 0.3 is 0 Å². The van der Waals surface area contributed by atoms with Crippen LogP contribution in [-0.2, 0) is 4.79 Å². The van der Waals surface area contributed by atoms with Gasteiger partial charge in [0.05, 0.1) is 29.0 Å². The van der Waals surface area contributed by atoms with Gasteiger partial charge in [0.25, 0.3) is 0 Å². The number of nitrogens with zero attached hydrogens (tertiary/aromatic N) is 2. The lowest BCUT2D eigenvalue weighted by atomic mass is 9.82. The molecule has 0 aliphatic carbocycles. The first-order valence-corrected chi connectivity index (χ1v) is 12.3. The lowest BCUT2D eigenvalue weighted by Crippen LogP contribution is -2.46. The molecule has 0 radical (unpaired) electrons. The van der Waals surface area contributed by atoms with Gasteiger partial charge < -0.3 is 15.6 Å². The van der Waals surface area contributed by atoms with E-state index in [0.717, 1.165) is 46.5 Å². The molecule has 2 saturated heterocycles. The molecule has 0 saturated carbocycles. The number of piperidine rings is 1. The van der Waals surface area contributed by atoms with E-state index in [4.69, 9.17) is 4.98 Å². The average molecular weight is 486 g/mol. The van der Waals surface area contributed by atoms with Crippen molar-refractivity contribution in [1.82, 2.24) is 31.1 Å². The number of carbonyl (C=O) groups is 1. The Morgan fingerprint density at radius 2 is 2.03 bits per heavy atom. The number of carbonyl (C=O) groups excluding carboxylic acids is 1. The number of anilines is 1. The lowest BCUT2D eigenvalue weighted by molar-refractivity contribution is -0.115. The predicted molar refractivity (Wildman–Crippen MR) is 136 cm³/mol. The maximum atomic E-state index is 13.9. The number of halogens is 1. The molecule has 0 spiro atoms. The van der Waals surface area contributed by atoms with Gasteiger partial charge in [-0.3, -0.25) is 15.2 Å². The molecule has 4 atom stereocenters. The highest BCUT2D eigenvalue weighted by Gasteiger charge is 2.42. The Morgan fingerprint density at radius 3 is 2.89 bits per heavy atom. The van der Waals surface area contributed by atoms with Crippen LogP contribution in [0.4, 0.5) is 10.1 Å². The van der Waals surface area contributed by atoms with Gasteiger partial charge in [-0.1, -0.05) is 31.2 Å². The van der Waals surface area contributed by atoms with Crippen molar-refractivity contribution in [2.24, 2.45) is 5.92 Å². The topological polar surface area (TPSA) is 107 Å². The largest absolute Gasteiger partial charge is 0.341 e. The molecule has 6 rings (SSSR count). The van der Waals surface area contributed by atoms with E-state index in [1.807, 2.05) is 43.5 Å². The zero-order valence-corrected chi connectivity index (χ0v) is 19.9. The molecule has 5 N–H and O–H groups in total. The summed E-state index contributed by atoms with van der Waals surface area (Å²) in [4.78, 5) is 24.7. The zero-order valence-electron chi connectivity index (χ0n) is 19.9. The van der Waals surface area contributed by atoms with E-state index < -0.39 is 0 Å². The maximum absolute atomic E-state index is 13.9. The Kier molecular flexibility index (Phi) is 5.96. The number of para-hydroxylation sites is 1. The van der Waals surface area contributed by atoms with Gasteiger partial charge in [-0.15, -0.1) is 0 Å². The van der Waals surface area contributed by atoms with Crippen LogP contribution in [0, 0.1) is 11.7 Å². The van der Waals surface area contributed by atoms with E-state index >= 15 is 0 Å². The van der Waals surface area contributed by atoms with Crippen LogP contribution in [-0.4, -0.2) is 33.4 Å². The van der Waals surface area contributed by atoms with E-state index in [1.165, 1.54) is 12.1 Å².